The highest BCUT2D eigenvalue weighted by Crippen LogP contribution is 2.20. The summed E-state index contributed by atoms with van der Waals surface area (Å²) >= 11 is 0. The van der Waals surface area contributed by atoms with Crippen LogP contribution in [0.25, 0.3) is 11.1 Å². The number of rotatable bonds is 6. The third-order valence-corrected chi connectivity index (χ3v) is 3.56. The minimum Gasteiger partial charge on any atom is -0.442 e. The molecule has 0 saturated heterocycles. The maximum absolute atomic E-state index is 12.3. The number of hydrogen-bond donors (Lipinski definition) is 3. The molecule has 1 amide bonds. The van der Waals surface area contributed by atoms with Gasteiger partial charge in [0, 0.05) is 13.2 Å². The maximum atomic E-state index is 12.3. The summed E-state index contributed by atoms with van der Waals surface area (Å²) in [4.78, 5) is 30.5. The van der Waals surface area contributed by atoms with Gasteiger partial charge in [-0.1, -0.05) is 13.3 Å². The lowest BCUT2D eigenvalue weighted by Gasteiger charge is -2.14. The summed E-state index contributed by atoms with van der Waals surface area (Å²) in [5.41, 5.74) is -0.0219. The number of H-pyrrole nitrogens is 1. The number of amides is 1. The van der Waals surface area contributed by atoms with Gasteiger partial charge in [-0.3, -0.25) is 9.59 Å². The zero-order valence-electron chi connectivity index (χ0n) is 12.1. The highest BCUT2D eigenvalue weighted by atomic mass is 16.3. The molecule has 2 aromatic heterocycles. The molecule has 2 aromatic rings. The van der Waals surface area contributed by atoms with Crippen LogP contribution in [-0.4, -0.2) is 34.1 Å². The van der Waals surface area contributed by atoms with E-state index in [0.717, 1.165) is 6.42 Å². The van der Waals surface area contributed by atoms with Gasteiger partial charge < -0.3 is 19.8 Å². The van der Waals surface area contributed by atoms with Crippen LogP contribution in [-0.2, 0) is 0 Å². The second-order valence-corrected chi connectivity index (χ2v) is 4.94. The summed E-state index contributed by atoms with van der Waals surface area (Å²) < 4.78 is 5.35. The highest BCUT2D eigenvalue weighted by Gasteiger charge is 2.21. The van der Waals surface area contributed by atoms with Crippen LogP contribution in [0.15, 0.2) is 15.5 Å². The molecule has 0 aliphatic heterocycles. The molecule has 0 bridgehead atoms. The quantitative estimate of drug-likeness (QED) is 0.735. The molecule has 1 atom stereocenters. The number of nitrogens with zero attached hydrogens (tertiary/aromatic N) is 1. The van der Waals surface area contributed by atoms with Crippen LogP contribution >= 0.6 is 0 Å². The Hall–Kier alpha value is -2.15. The van der Waals surface area contributed by atoms with E-state index in [1.807, 2.05) is 6.92 Å². The molecule has 7 heteroatoms. The van der Waals surface area contributed by atoms with E-state index in [1.54, 1.807) is 6.92 Å². The Morgan fingerprint density at radius 1 is 1.57 bits per heavy atom. The average Bonchev–Trinajstić information content (AvgIpc) is 2.80. The summed E-state index contributed by atoms with van der Waals surface area (Å²) in [6.07, 6.45) is 2.72. The zero-order valence-corrected chi connectivity index (χ0v) is 12.1. The van der Waals surface area contributed by atoms with E-state index in [4.69, 9.17) is 9.52 Å². The zero-order chi connectivity index (χ0) is 15.4. The van der Waals surface area contributed by atoms with Gasteiger partial charge in [0.2, 0.25) is 5.71 Å². The largest absolute Gasteiger partial charge is 0.442 e. The van der Waals surface area contributed by atoms with Gasteiger partial charge in [-0.05, 0) is 19.3 Å². The van der Waals surface area contributed by atoms with Crippen molar-refractivity contribution in [3.63, 3.8) is 0 Å². The molecular formula is C14H19N3O4. The summed E-state index contributed by atoms with van der Waals surface area (Å²) in [7, 11) is 0. The lowest BCUT2D eigenvalue weighted by atomic mass is 10.0. The van der Waals surface area contributed by atoms with Crippen molar-refractivity contribution in [2.45, 2.75) is 26.7 Å². The van der Waals surface area contributed by atoms with Gasteiger partial charge in [0.05, 0.1) is 11.9 Å². The number of aryl methyl sites for hydroxylation is 1. The standard InChI is InChI=1S/C14H19N3O4/c1-3-9(4-5-18)6-15-12(19)10-8(2)21-14-11(10)13(20)16-7-17-14/h7,9,18H,3-6H2,1-2H3,(H,15,19)(H,16,17,20). The van der Waals surface area contributed by atoms with E-state index in [0.29, 0.717) is 18.7 Å². The number of furan rings is 1. The smallest absolute Gasteiger partial charge is 0.262 e. The highest BCUT2D eigenvalue weighted by molar-refractivity contribution is 6.06. The van der Waals surface area contributed by atoms with Gasteiger partial charge >= 0.3 is 0 Å². The van der Waals surface area contributed by atoms with E-state index in [2.05, 4.69) is 15.3 Å². The van der Waals surface area contributed by atoms with E-state index in [1.165, 1.54) is 6.33 Å². The van der Waals surface area contributed by atoms with Crippen molar-refractivity contribution in [3.8, 4) is 0 Å². The fourth-order valence-electron chi connectivity index (χ4n) is 2.29. The summed E-state index contributed by atoms with van der Waals surface area (Å²) in [6.45, 7) is 4.16. The van der Waals surface area contributed by atoms with Gasteiger partial charge in [0.1, 0.15) is 11.1 Å². The molecule has 2 heterocycles. The Balaban J connectivity index is 2.24. The van der Waals surface area contributed by atoms with Crippen LogP contribution in [0.3, 0.4) is 0 Å². The first-order valence-corrected chi connectivity index (χ1v) is 6.94. The number of hydrogen-bond acceptors (Lipinski definition) is 5. The van der Waals surface area contributed by atoms with Crippen molar-refractivity contribution >= 4 is 17.0 Å². The molecule has 7 nitrogen and oxygen atoms in total. The minimum absolute atomic E-state index is 0.0889. The van der Waals surface area contributed by atoms with E-state index >= 15 is 0 Å². The molecule has 0 aliphatic carbocycles. The van der Waals surface area contributed by atoms with Crippen molar-refractivity contribution in [3.05, 3.63) is 28.0 Å². The molecule has 0 radical (unpaired) electrons. The molecule has 0 fully saturated rings. The Morgan fingerprint density at radius 2 is 2.33 bits per heavy atom. The van der Waals surface area contributed by atoms with Crippen LogP contribution in [0.4, 0.5) is 0 Å². The molecule has 114 valence electrons. The summed E-state index contributed by atoms with van der Waals surface area (Å²) in [6, 6.07) is 0. The van der Waals surface area contributed by atoms with E-state index < -0.39 is 5.56 Å². The Morgan fingerprint density at radius 3 is 3.00 bits per heavy atom. The minimum atomic E-state index is -0.399. The summed E-state index contributed by atoms with van der Waals surface area (Å²) in [5.74, 6) is 0.205. The maximum Gasteiger partial charge on any atom is 0.262 e. The molecular weight excluding hydrogens is 274 g/mol. The SMILES string of the molecule is CCC(CCO)CNC(=O)c1c(C)oc2nc[nH]c(=O)c12. The third kappa shape index (κ3) is 3.13. The Kier molecular flexibility index (Phi) is 4.74. The van der Waals surface area contributed by atoms with Crippen LogP contribution in [0.5, 0.6) is 0 Å². The molecule has 3 N–H and O–H groups in total. The molecule has 0 aliphatic rings. The number of aromatic nitrogens is 2. The number of fused-ring (bicyclic) bond motifs is 1. The van der Waals surface area contributed by atoms with Crippen molar-refractivity contribution in [2.75, 3.05) is 13.2 Å². The molecule has 0 saturated carbocycles. The van der Waals surface area contributed by atoms with Gasteiger partial charge in [0.15, 0.2) is 0 Å². The van der Waals surface area contributed by atoms with Crippen molar-refractivity contribution in [2.24, 2.45) is 5.92 Å². The topological polar surface area (TPSA) is 108 Å². The van der Waals surface area contributed by atoms with Crippen LogP contribution in [0.2, 0.25) is 0 Å². The normalized spacial score (nSPS) is 12.5. The first kappa shape index (κ1) is 15.2. The van der Waals surface area contributed by atoms with Crippen LogP contribution < -0.4 is 10.9 Å². The second-order valence-electron chi connectivity index (χ2n) is 4.94. The Labute approximate surface area is 121 Å². The van der Waals surface area contributed by atoms with Crippen molar-refractivity contribution in [1.29, 1.82) is 0 Å². The lowest BCUT2D eigenvalue weighted by molar-refractivity contribution is 0.0943. The fourth-order valence-corrected chi connectivity index (χ4v) is 2.29. The lowest BCUT2D eigenvalue weighted by Crippen LogP contribution is -2.30. The monoisotopic (exact) mass is 293 g/mol. The number of carbonyl (C=O) groups is 1. The first-order chi connectivity index (χ1) is 10.1. The predicted molar refractivity (Wildman–Crippen MR) is 77.2 cm³/mol. The predicted octanol–water partition coefficient (Wildman–Crippen LogP) is 0.963. The first-order valence-electron chi connectivity index (χ1n) is 6.94. The average molecular weight is 293 g/mol. The molecule has 0 aromatic carbocycles. The number of aliphatic hydroxyl groups is 1. The van der Waals surface area contributed by atoms with E-state index in [-0.39, 0.29) is 35.1 Å². The van der Waals surface area contributed by atoms with E-state index in [9.17, 15) is 9.59 Å². The third-order valence-electron chi connectivity index (χ3n) is 3.56. The number of aromatic amines is 1. The second kappa shape index (κ2) is 6.53. The van der Waals surface area contributed by atoms with Crippen molar-refractivity contribution in [1.82, 2.24) is 15.3 Å². The van der Waals surface area contributed by atoms with Gasteiger partial charge in [-0.2, -0.15) is 0 Å². The molecule has 0 spiro atoms. The Bertz CT molecular complexity index is 689. The van der Waals surface area contributed by atoms with Gasteiger partial charge in [-0.25, -0.2) is 4.98 Å². The molecule has 2 rings (SSSR count). The van der Waals surface area contributed by atoms with Gasteiger partial charge in [-0.15, -0.1) is 0 Å². The molecule has 21 heavy (non-hydrogen) atoms. The van der Waals surface area contributed by atoms with Crippen LogP contribution in [0, 0.1) is 12.8 Å². The molecule has 1 unspecified atom stereocenters. The fraction of sp³-hybridized carbons (Fsp3) is 0.500. The van der Waals surface area contributed by atoms with Gasteiger partial charge in [0.25, 0.3) is 11.5 Å². The van der Waals surface area contributed by atoms with Crippen LogP contribution in [0.1, 0.15) is 35.9 Å². The number of aliphatic hydroxyl groups excluding tert-OH is 1. The van der Waals surface area contributed by atoms with Crippen molar-refractivity contribution < 1.29 is 14.3 Å². The summed E-state index contributed by atoms with van der Waals surface area (Å²) in [5, 5.41) is 11.9. The number of nitrogens with one attached hydrogen (secondary N) is 2. The number of carbonyl (C=O) groups excluding carboxylic acids is 1.